The van der Waals surface area contributed by atoms with Crippen molar-refractivity contribution in [2.75, 3.05) is 33.9 Å². The van der Waals surface area contributed by atoms with Crippen LogP contribution in [0, 0.1) is 0 Å². The summed E-state index contributed by atoms with van der Waals surface area (Å²) in [7, 11) is 2.98. The molecule has 0 spiro atoms. The molecule has 2 aromatic rings. The van der Waals surface area contributed by atoms with Gasteiger partial charge in [0.2, 0.25) is 0 Å². The van der Waals surface area contributed by atoms with Gasteiger partial charge in [0.15, 0.2) is 0 Å². The molecule has 0 aliphatic carbocycles. The van der Waals surface area contributed by atoms with E-state index >= 15 is 0 Å². The van der Waals surface area contributed by atoms with Crippen LogP contribution in [0.4, 0.5) is 4.79 Å². The van der Waals surface area contributed by atoms with E-state index in [0.717, 1.165) is 5.56 Å². The van der Waals surface area contributed by atoms with E-state index in [2.05, 4.69) is 15.3 Å². The highest BCUT2D eigenvalue weighted by atomic mass is 35.5. The maximum Gasteiger partial charge on any atom is 0.409 e. The molecule has 1 aliphatic rings. The van der Waals surface area contributed by atoms with Crippen molar-refractivity contribution in [3.8, 4) is 5.75 Å². The second-order valence-corrected chi connectivity index (χ2v) is 9.24. The fraction of sp³-hybridized carbons (Fsp3) is 0.407. The first-order chi connectivity index (χ1) is 18.4. The van der Waals surface area contributed by atoms with Crippen molar-refractivity contribution in [3.05, 3.63) is 64.6 Å². The van der Waals surface area contributed by atoms with E-state index in [1.165, 1.54) is 13.3 Å². The molecule has 204 valence electrons. The zero-order chi connectivity index (χ0) is 27.5. The number of halogens is 1. The van der Waals surface area contributed by atoms with Crippen LogP contribution in [0.15, 0.2) is 47.7 Å². The Kier molecular flexibility index (Phi) is 10.9. The van der Waals surface area contributed by atoms with Crippen LogP contribution in [0.1, 0.15) is 41.4 Å². The van der Waals surface area contributed by atoms with Crippen LogP contribution in [0.25, 0.3) is 5.57 Å². The van der Waals surface area contributed by atoms with Gasteiger partial charge in [0, 0.05) is 79.9 Å². The van der Waals surface area contributed by atoms with Gasteiger partial charge >= 0.3 is 6.09 Å². The second kappa shape index (κ2) is 14.3. The van der Waals surface area contributed by atoms with Crippen LogP contribution in [0.5, 0.6) is 5.75 Å². The maximum atomic E-state index is 12.9. The van der Waals surface area contributed by atoms with Crippen LogP contribution in [0.2, 0.25) is 5.02 Å². The van der Waals surface area contributed by atoms with Gasteiger partial charge < -0.3 is 30.2 Å². The minimum atomic E-state index is -0.360. The highest BCUT2D eigenvalue weighted by molar-refractivity contribution is 6.30. The Balaban J connectivity index is 1.82. The predicted octanol–water partition coefficient (Wildman–Crippen LogP) is 3.68. The topological polar surface area (TPSA) is 128 Å². The molecule has 1 aromatic heterocycles. The second-order valence-electron chi connectivity index (χ2n) is 8.80. The van der Waals surface area contributed by atoms with Gasteiger partial charge in [-0.1, -0.05) is 23.7 Å². The van der Waals surface area contributed by atoms with Crippen LogP contribution in [-0.2, 0) is 16.0 Å². The number of likely N-dealkylation sites (tertiary alicyclic amines) is 1. The average Bonchev–Trinajstić information content (AvgIpc) is 2.92. The first-order valence-electron chi connectivity index (χ1n) is 12.3. The van der Waals surface area contributed by atoms with Crippen molar-refractivity contribution < 1.29 is 23.8 Å². The maximum absolute atomic E-state index is 12.9. The standard InChI is InChI=1S/C27H34ClN5O5/c1-18-12-22(8-10-33(18)27(35)37-3)38-25-13-24(26(34)32-15-19-4-6-21(28)7-5-19)31-17-23(25)20(14-29)16-30-9-11-36-2/h4-7,13-14,16-18,22H,8-12,15,29H2,1-3H3,(H,32,34)/b20-14+,30-16?/t18-,22+/m1/s1. The summed E-state index contributed by atoms with van der Waals surface area (Å²) in [4.78, 5) is 35.4. The summed E-state index contributed by atoms with van der Waals surface area (Å²) in [5.41, 5.74) is 8.22. The molecular weight excluding hydrogens is 510 g/mol. The first-order valence-corrected chi connectivity index (χ1v) is 12.7. The number of carbonyl (C=O) groups excluding carboxylic acids is 2. The van der Waals surface area contributed by atoms with Gasteiger partial charge in [0.1, 0.15) is 17.5 Å². The molecule has 10 nitrogen and oxygen atoms in total. The summed E-state index contributed by atoms with van der Waals surface area (Å²) in [5.74, 6) is 0.104. The van der Waals surface area contributed by atoms with E-state index < -0.39 is 0 Å². The first kappa shape index (κ1) is 28.9. The molecule has 1 aliphatic heterocycles. The lowest BCUT2D eigenvalue weighted by atomic mass is 10.0. The number of carbonyl (C=O) groups is 2. The van der Waals surface area contributed by atoms with Crippen molar-refractivity contribution >= 4 is 35.4 Å². The largest absolute Gasteiger partial charge is 0.489 e. The van der Waals surface area contributed by atoms with E-state index in [0.29, 0.717) is 61.0 Å². The van der Waals surface area contributed by atoms with Gasteiger partial charge in [0.25, 0.3) is 5.91 Å². The molecule has 0 radical (unpaired) electrons. The van der Waals surface area contributed by atoms with E-state index in [1.54, 1.807) is 42.6 Å². The van der Waals surface area contributed by atoms with Gasteiger partial charge in [-0.15, -0.1) is 0 Å². The molecule has 11 heteroatoms. The Bertz CT molecular complexity index is 1160. The number of nitrogens with one attached hydrogen (secondary N) is 1. The molecule has 0 unspecified atom stereocenters. The van der Waals surface area contributed by atoms with Crippen molar-refractivity contribution in [2.45, 2.75) is 38.5 Å². The summed E-state index contributed by atoms with van der Waals surface area (Å²) in [6.45, 7) is 3.69. The van der Waals surface area contributed by atoms with Gasteiger partial charge in [-0.05, 0) is 24.6 Å². The lowest BCUT2D eigenvalue weighted by Gasteiger charge is -2.36. The quantitative estimate of drug-likeness (QED) is 0.345. The lowest BCUT2D eigenvalue weighted by molar-refractivity contribution is 0.0518. The molecular formula is C27H34ClN5O5. The molecule has 1 aromatic carbocycles. The minimum Gasteiger partial charge on any atom is -0.489 e. The summed E-state index contributed by atoms with van der Waals surface area (Å²) in [6.07, 6.45) is 5.25. The van der Waals surface area contributed by atoms with Crippen molar-refractivity contribution in [1.82, 2.24) is 15.2 Å². The molecule has 3 N–H and O–H groups in total. The molecule has 2 amide bonds. The van der Waals surface area contributed by atoms with Crippen LogP contribution in [0.3, 0.4) is 0 Å². The number of hydrogen-bond acceptors (Lipinski definition) is 8. The molecule has 0 bridgehead atoms. The van der Waals surface area contributed by atoms with E-state index in [1.807, 2.05) is 19.1 Å². The molecule has 0 saturated carbocycles. The normalized spacial score (nSPS) is 17.9. The summed E-state index contributed by atoms with van der Waals surface area (Å²) < 4.78 is 16.3. The van der Waals surface area contributed by atoms with E-state index in [4.69, 9.17) is 31.5 Å². The number of rotatable bonds is 10. The van der Waals surface area contributed by atoms with E-state index in [-0.39, 0.29) is 29.8 Å². The van der Waals surface area contributed by atoms with Crippen LogP contribution >= 0.6 is 11.6 Å². The average molecular weight is 544 g/mol. The Labute approximate surface area is 227 Å². The zero-order valence-corrected chi connectivity index (χ0v) is 22.6. The number of hydrogen-bond donors (Lipinski definition) is 2. The zero-order valence-electron chi connectivity index (χ0n) is 21.9. The molecule has 2 heterocycles. The van der Waals surface area contributed by atoms with Crippen molar-refractivity contribution in [1.29, 1.82) is 0 Å². The summed E-state index contributed by atoms with van der Waals surface area (Å²) >= 11 is 5.94. The number of nitrogens with two attached hydrogens (primary N) is 1. The number of amides is 2. The number of aromatic nitrogens is 1. The number of nitrogens with zero attached hydrogens (tertiary/aromatic N) is 3. The Morgan fingerprint density at radius 3 is 2.71 bits per heavy atom. The van der Waals surface area contributed by atoms with Crippen molar-refractivity contribution in [2.24, 2.45) is 10.7 Å². The number of benzene rings is 1. The highest BCUT2D eigenvalue weighted by Gasteiger charge is 2.31. The number of methoxy groups -OCH3 is 2. The number of allylic oxidation sites excluding steroid dienone is 1. The SMILES string of the molecule is COCCN=C/C(=C\N)c1cnc(C(=O)NCc2ccc(Cl)cc2)cc1O[C@H]1CCN(C(=O)OC)[C@H](C)C1. The predicted molar refractivity (Wildman–Crippen MR) is 146 cm³/mol. The Morgan fingerprint density at radius 1 is 1.29 bits per heavy atom. The molecule has 3 rings (SSSR count). The van der Waals surface area contributed by atoms with Crippen LogP contribution < -0.4 is 15.8 Å². The minimum absolute atomic E-state index is 0.0752. The summed E-state index contributed by atoms with van der Waals surface area (Å²) in [6, 6.07) is 8.75. The lowest BCUT2D eigenvalue weighted by Crippen LogP contribution is -2.47. The Morgan fingerprint density at radius 2 is 2.05 bits per heavy atom. The Hall–Kier alpha value is -3.63. The van der Waals surface area contributed by atoms with Crippen LogP contribution in [-0.4, -0.2) is 74.2 Å². The number of piperidine rings is 1. The van der Waals surface area contributed by atoms with E-state index in [9.17, 15) is 9.59 Å². The number of ether oxygens (including phenoxy) is 3. The van der Waals surface area contributed by atoms with Crippen molar-refractivity contribution in [3.63, 3.8) is 0 Å². The third kappa shape index (κ3) is 7.93. The van der Waals surface area contributed by atoms with Gasteiger partial charge in [0.05, 0.1) is 20.3 Å². The number of aliphatic imine (C=N–C) groups is 1. The summed E-state index contributed by atoms with van der Waals surface area (Å²) in [5, 5.41) is 3.50. The van der Waals surface area contributed by atoms with Gasteiger partial charge in [-0.25, -0.2) is 4.79 Å². The molecule has 1 fully saturated rings. The fourth-order valence-corrected chi connectivity index (χ4v) is 4.19. The monoisotopic (exact) mass is 543 g/mol. The fourth-order valence-electron chi connectivity index (χ4n) is 4.06. The molecule has 2 atom stereocenters. The molecule has 38 heavy (non-hydrogen) atoms. The number of pyridine rings is 1. The smallest absolute Gasteiger partial charge is 0.409 e. The third-order valence-corrected chi connectivity index (χ3v) is 6.39. The van der Waals surface area contributed by atoms with Gasteiger partial charge in [-0.3, -0.25) is 14.8 Å². The third-order valence-electron chi connectivity index (χ3n) is 6.14. The molecule has 1 saturated heterocycles. The van der Waals surface area contributed by atoms with Gasteiger partial charge in [-0.2, -0.15) is 0 Å². The highest BCUT2D eigenvalue weighted by Crippen LogP contribution is 2.30.